The van der Waals surface area contributed by atoms with Gasteiger partial charge in [0.05, 0.1) is 6.10 Å². The van der Waals surface area contributed by atoms with Crippen LogP contribution in [-0.4, -0.2) is 34.7 Å². The van der Waals surface area contributed by atoms with Crippen LogP contribution in [0, 0.1) is 11.3 Å². The lowest BCUT2D eigenvalue weighted by atomic mass is 9.67. The van der Waals surface area contributed by atoms with Crippen LogP contribution in [0.5, 0.6) is 0 Å². The minimum atomic E-state index is -0.0870. The van der Waals surface area contributed by atoms with Gasteiger partial charge in [0, 0.05) is 12.1 Å². The van der Waals surface area contributed by atoms with Crippen molar-refractivity contribution in [3.8, 4) is 0 Å². The largest absolute Gasteiger partial charge is 0.391 e. The van der Waals surface area contributed by atoms with Crippen LogP contribution in [0.4, 0.5) is 0 Å². The van der Waals surface area contributed by atoms with Crippen molar-refractivity contribution in [2.45, 2.75) is 90.8 Å². The summed E-state index contributed by atoms with van der Waals surface area (Å²) in [5.74, 6) is 0.781. The Morgan fingerprint density at radius 1 is 1.11 bits per heavy atom. The number of hydrogen-bond donors (Lipinski definition) is 1. The molecule has 2 nitrogen and oxygen atoms in total. The first-order valence-corrected chi connectivity index (χ1v) is 8.43. The highest BCUT2D eigenvalue weighted by atomic mass is 16.3. The molecule has 3 atom stereocenters. The fourth-order valence-electron chi connectivity index (χ4n) is 3.77. The van der Waals surface area contributed by atoms with Gasteiger partial charge in [-0.25, -0.2) is 0 Å². The summed E-state index contributed by atoms with van der Waals surface area (Å²) in [4.78, 5) is 2.64. The quantitative estimate of drug-likeness (QED) is 0.790. The third-order valence-corrected chi connectivity index (χ3v) is 5.72. The Labute approximate surface area is 119 Å². The number of aliphatic hydroxyl groups excluding tert-OH is 1. The normalized spacial score (nSPS) is 32.8. The van der Waals surface area contributed by atoms with Crippen molar-refractivity contribution in [3.05, 3.63) is 0 Å². The monoisotopic (exact) mass is 267 g/mol. The molecular formula is C17H33NO. The molecule has 0 aliphatic heterocycles. The topological polar surface area (TPSA) is 23.5 Å². The molecule has 0 aromatic rings. The van der Waals surface area contributed by atoms with Crippen molar-refractivity contribution >= 4 is 0 Å². The maximum atomic E-state index is 10.5. The molecule has 0 bridgehead atoms. The van der Waals surface area contributed by atoms with E-state index in [0.29, 0.717) is 11.5 Å². The minimum Gasteiger partial charge on any atom is -0.391 e. The first-order valence-electron chi connectivity index (χ1n) is 8.43. The van der Waals surface area contributed by atoms with E-state index < -0.39 is 0 Å². The maximum absolute atomic E-state index is 10.5. The highest BCUT2D eigenvalue weighted by molar-refractivity contribution is 4.96. The Morgan fingerprint density at radius 2 is 1.79 bits per heavy atom. The van der Waals surface area contributed by atoms with Crippen LogP contribution in [0.3, 0.4) is 0 Å². The molecule has 3 unspecified atom stereocenters. The number of aliphatic hydroxyl groups is 1. The van der Waals surface area contributed by atoms with Gasteiger partial charge in [0.2, 0.25) is 0 Å². The van der Waals surface area contributed by atoms with E-state index in [-0.39, 0.29) is 6.10 Å². The molecule has 0 saturated heterocycles. The van der Waals surface area contributed by atoms with Gasteiger partial charge >= 0.3 is 0 Å². The summed E-state index contributed by atoms with van der Waals surface area (Å²) in [6, 6.07) is 1.21. The Kier molecular flexibility index (Phi) is 4.94. The Hall–Kier alpha value is -0.0800. The van der Waals surface area contributed by atoms with Crippen LogP contribution in [0.25, 0.3) is 0 Å². The molecule has 19 heavy (non-hydrogen) atoms. The second-order valence-corrected chi connectivity index (χ2v) is 7.46. The summed E-state index contributed by atoms with van der Waals surface area (Å²) in [6.45, 7) is 10.6. The van der Waals surface area contributed by atoms with E-state index >= 15 is 0 Å². The molecule has 0 amide bonds. The maximum Gasteiger partial charge on any atom is 0.0695 e. The SMILES string of the molecule is CCCN(C1CC1)C1CC(C(C)(C)CC)CCC1O. The standard InChI is InChI=1S/C17H33NO/c1-5-11-18(14-8-9-14)15-12-13(7-10-16(15)19)17(3,4)6-2/h13-16,19H,5-12H2,1-4H3. The summed E-state index contributed by atoms with van der Waals surface area (Å²) >= 11 is 0. The summed E-state index contributed by atoms with van der Waals surface area (Å²) in [5.41, 5.74) is 0.430. The second-order valence-electron chi connectivity index (χ2n) is 7.46. The molecule has 0 aromatic heterocycles. The van der Waals surface area contributed by atoms with E-state index in [2.05, 4.69) is 32.6 Å². The van der Waals surface area contributed by atoms with Crippen molar-refractivity contribution in [2.24, 2.45) is 11.3 Å². The molecule has 0 heterocycles. The zero-order valence-corrected chi connectivity index (χ0v) is 13.4. The van der Waals surface area contributed by atoms with Gasteiger partial charge in [-0.2, -0.15) is 0 Å². The summed E-state index contributed by atoms with van der Waals surface area (Å²) < 4.78 is 0. The van der Waals surface area contributed by atoms with Gasteiger partial charge in [0.25, 0.3) is 0 Å². The Morgan fingerprint density at radius 3 is 2.32 bits per heavy atom. The first kappa shape index (κ1) is 15.3. The number of hydrogen-bond acceptors (Lipinski definition) is 2. The van der Waals surface area contributed by atoms with E-state index in [4.69, 9.17) is 0 Å². The minimum absolute atomic E-state index is 0.0870. The van der Waals surface area contributed by atoms with Gasteiger partial charge in [-0.05, 0) is 56.4 Å². The molecule has 2 rings (SSSR count). The Bertz CT molecular complexity index is 285. The Balaban J connectivity index is 2.04. The van der Waals surface area contributed by atoms with Crippen LogP contribution in [0.2, 0.25) is 0 Å². The lowest BCUT2D eigenvalue weighted by Gasteiger charge is -2.45. The van der Waals surface area contributed by atoms with E-state index in [1.54, 1.807) is 0 Å². The van der Waals surface area contributed by atoms with E-state index in [0.717, 1.165) is 18.4 Å². The van der Waals surface area contributed by atoms with Gasteiger partial charge in [-0.15, -0.1) is 0 Å². The molecule has 2 saturated carbocycles. The van der Waals surface area contributed by atoms with Gasteiger partial charge < -0.3 is 5.11 Å². The van der Waals surface area contributed by atoms with Crippen molar-refractivity contribution < 1.29 is 5.11 Å². The molecule has 2 fully saturated rings. The fraction of sp³-hybridized carbons (Fsp3) is 1.00. The van der Waals surface area contributed by atoms with Crippen LogP contribution >= 0.6 is 0 Å². The highest BCUT2D eigenvalue weighted by Crippen LogP contribution is 2.43. The van der Waals surface area contributed by atoms with Gasteiger partial charge in [-0.1, -0.05) is 34.1 Å². The molecule has 2 heteroatoms. The van der Waals surface area contributed by atoms with Crippen molar-refractivity contribution in [2.75, 3.05) is 6.54 Å². The van der Waals surface area contributed by atoms with Gasteiger partial charge in [0.15, 0.2) is 0 Å². The summed E-state index contributed by atoms with van der Waals surface area (Å²) in [5, 5.41) is 10.5. The number of rotatable bonds is 6. The van der Waals surface area contributed by atoms with Gasteiger partial charge in [-0.3, -0.25) is 4.90 Å². The van der Waals surface area contributed by atoms with Crippen LogP contribution < -0.4 is 0 Å². The van der Waals surface area contributed by atoms with Crippen molar-refractivity contribution in [1.29, 1.82) is 0 Å². The average molecular weight is 267 g/mol. The van der Waals surface area contributed by atoms with Crippen molar-refractivity contribution in [1.82, 2.24) is 4.90 Å². The molecule has 0 aromatic carbocycles. The molecule has 2 aliphatic carbocycles. The highest BCUT2D eigenvalue weighted by Gasteiger charge is 2.42. The predicted molar refractivity (Wildman–Crippen MR) is 81.2 cm³/mol. The summed E-state index contributed by atoms with van der Waals surface area (Å²) in [7, 11) is 0. The van der Waals surface area contributed by atoms with Crippen LogP contribution in [0.1, 0.15) is 72.6 Å². The molecule has 2 aliphatic rings. The lowest BCUT2D eigenvalue weighted by molar-refractivity contribution is -0.0242. The zero-order valence-electron chi connectivity index (χ0n) is 13.4. The van der Waals surface area contributed by atoms with Gasteiger partial charge in [0.1, 0.15) is 0 Å². The zero-order chi connectivity index (χ0) is 14.0. The predicted octanol–water partition coefficient (Wildman–Crippen LogP) is 3.83. The third-order valence-electron chi connectivity index (χ3n) is 5.72. The third kappa shape index (κ3) is 3.52. The lowest BCUT2D eigenvalue weighted by Crippen LogP contribution is -2.50. The molecule has 112 valence electrons. The van der Waals surface area contributed by atoms with E-state index in [1.165, 1.54) is 45.1 Å². The number of nitrogens with zero attached hydrogens (tertiary/aromatic N) is 1. The average Bonchev–Trinajstić information content (AvgIpc) is 3.21. The van der Waals surface area contributed by atoms with Crippen LogP contribution in [-0.2, 0) is 0 Å². The first-order chi connectivity index (χ1) is 8.99. The molecular weight excluding hydrogens is 234 g/mol. The fourth-order valence-corrected chi connectivity index (χ4v) is 3.77. The smallest absolute Gasteiger partial charge is 0.0695 e. The molecule has 0 spiro atoms. The van der Waals surface area contributed by atoms with Crippen molar-refractivity contribution in [3.63, 3.8) is 0 Å². The summed E-state index contributed by atoms with van der Waals surface area (Å²) in [6.07, 6.45) is 8.50. The molecule has 0 radical (unpaired) electrons. The van der Waals surface area contributed by atoms with Crippen LogP contribution in [0.15, 0.2) is 0 Å². The van der Waals surface area contributed by atoms with E-state index in [1.807, 2.05) is 0 Å². The second kappa shape index (κ2) is 6.13. The van der Waals surface area contributed by atoms with E-state index in [9.17, 15) is 5.11 Å². The molecule has 1 N–H and O–H groups in total.